The Morgan fingerprint density at radius 1 is 1.09 bits per heavy atom. The topological polar surface area (TPSA) is 53.5 Å². The van der Waals surface area contributed by atoms with Gasteiger partial charge in [-0.2, -0.15) is 21.9 Å². The Morgan fingerprint density at radius 3 is 2.48 bits per heavy atom. The SMILES string of the molecule is CC1CN(c2cc(Cc3ccc(F)cc3)ns2)CCN1S(=O)(=O)c1cccc(C(F)(F)F)c1. The molecule has 2 aromatic carbocycles. The van der Waals surface area contributed by atoms with Gasteiger partial charge in [-0.3, -0.25) is 0 Å². The number of anilines is 1. The van der Waals surface area contributed by atoms with Crippen molar-refractivity contribution in [3.05, 3.63) is 77.2 Å². The Hall–Kier alpha value is -2.50. The summed E-state index contributed by atoms with van der Waals surface area (Å²) in [6.45, 7) is 2.65. The standard InChI is InChI=1S/C22H21F4N3O2S2/c1-15-14-28(21-13-19(27-32-21)11-16-5-7-18(23)8-6-16)9-10-29(15)33(30,31)20-4-2-3-17(12-20)22(24,25)26/h2-8,12-13,15H,9-11,14H2,1H3. The van der Waals surface area contributed by atoms with Crippen molar-refractivity contribution in [2.45, 2.75) is 30.5 Å². The molecule has 2 heterocycles. The van der Waals surface area contributed by atoms with Crippen LogP contribution in [0.15, 0.2) is 59.5 Å². The van der Waals surface area contributed by atoms with Crippen LogP contribution in [0.4, 0.5) is 22.6 Å². The Labute approximate surface area is 193 Å². The van der Waals surface area contributed by atoms with Crippen LogP contribution < -0.4 is 4.90 Å². The molecular formula is C22H21F4N3O2S2. The Bertz CT molecular complexity index is 1230. The maximum absolute atomic E-state index is 13.1. The first-order chi connectivity index (χ1) is 15.5. The molecule has 3 aromatic rings. The molecule has 176 valence electrons. The first kappa shape index (κ1) is 23.7. The van der Waals surface area contributed by atoms with Crippen LogP contribution in [0.5, 0.6) is 0 Å². The van der Waals surface area contributed by atoms with E-state index in [0.29, 0.717) is 25.6 Å². The van der Waals surface area contributed by atoms with E-state index in [1.165, 1.54) is 34.0 Å². The fraction of sp³-hybridized carbons (Fsp3) is 0.318. The van der Waals surface area contributed by atoms with Gasteiger partial charge in [0.2, 0.25) is 10.0 Å². The van der Waals surface area contributed by atoms with Crippen molar-refractivity contribution in [3.63, 3.8) is 0 Å². The zero-order valence-electron chi connectivity index (χ0n) is 17.6. The molecule has 0 aliphatic carbocycles. The van der Waals surface area contributed by atoms with E-state index >= 15 is 0 Å². The summed E-state index contributed by atoms with van der Waals surface area (Å²) in [4.78, 5) is 1.66. The van der Waals surface area contributed by atoms with Crippen LogP contribution >= 0.6 is 11.5 Å². The van der Waals surface area contributed by atoms with Crippen LogP contribution in [0.25, 0.3) is 0 Å². The number of hydrogen-bond donors (Lipinski definition) is 0. The van der Waals surface area contributed by atoms with E-state index in [2.05, 4.69) is 4.37 Å². The Balaban J connectivity index is 1.46. The normalized spacial score (nSPS) is 18.0. The summed E-state index contributed by atoms with van der Waals surface area (Å²) in [7, 11) is -4.07. The van der Waals surface area contributed by atoms with E-state index in [4.69, 9.17) is 0 Å². The maximum Gasteiger partial charge on any atom is 0.416 e. The fourth-order valence-corrected chi connectivity index (χ4v) is 6.27. The lowest BCUT2D eigenvalue weighted by molar-refractivity contribution is -0.137. The van der Waals surface area contributed by atoms with Gasteiger partial charge >= 0.3 is 6.18 Å². The van der Waals surface area contributed by atoms with Crippen LogP contribution in [-0.4, -0.2) is 42.8 Å². The summed E-state index contributed by atoms with van der Waals surface area (Å²) in [6, 6.07) is 11.5. The molecule has 1 aromatic heterocycles. The molecule has 1 fully saturated rings. The van der Waals surface area contributed by atoms with Gasteiger partial charge in [0.05, 0.1) is 16.2 Å². The van der Waals surface area contributed by atoms with Crippen molar-refractivity contribution in [3.8, 4) is 0 Å². The Morgan fingerprint density at radius 2 is 1.82 bits per heavy atom. The molecule has 1 unspecified atom stereocenters. The molecule has 0 radical (unpaired) electrons. The van der Waals surface area contributed by atoms with E-state index in [1.54, 1.807) is 19.1 Å². The second-order valence-electron chi connectivity index (χ2n) is 7.90. The molecule has 0 amide bonds. The largest absolute Gasteiger partial charge is 0.416 e. The third kappa shape index (κ3) is 5.20. The smallest absolute Gasteiger partial charge is 0.359 e. The van der Waals surface area contributed by atoms with Crippen molar-refractivity contribution < 1.29 is 26.0 Å². The van der Waals surface area contributed by atoms with Crippen LogP contribution in [0, 0.1) is 5.82 Å². The zero-order valence-corrected chi connectivity index (χ0v) is 19.2. The highest BCUT2D eigenvalue weighted by Gasteiger charge is 2.36. The first-order valence-corrected chi connectivity index (χ1v) is 12.4. The van der Waals surface area contributed by atoms with Gasteiger partial charge in [0.25, 0.3) is 0 Å². The minimum absolute atomic E-state index is 0.144. The molecule has 0 N–H and O–H groups in total. The summed E-state index contributed by atoms with van der Waals surface area (Å²) < 4.78 is 84.0. The number of alkyl halides is 3. The van der Waals surface area contributed by atoms with Crippen molar-refractivity contribution >= 4 is 26.6 Å². The predicted octanol–water partition coefficient (Wildman–Crippen LogP) is 4.79. The summed E-state index contributed by atoms with van der Waals surface area (Å²) >= 11 is 1.30. The quantitative estimate of drug-likeness (QED) is 0.474. The van der Waals surface area contributed by atoms with Gasteiger partial charge in [0, 0.05) is 32.1 Å². The van der Waals surface area contributed by atoms with Gasteiger partial charge in [-0.1, -0.05) is 18.2 Å². The molecule has 0 bridgehead atoms. The second kappa shape index (κ2) is 9.03. The molecule has 1 aliphatic heterocycles. The van der Waals surface area contributed by atoms with Crippen LogP contribution in [-0.2, 0) is 22.6 Å². The number of hydrogen-bond acceptors (Lipinski definition) is 5. The molecule has 11 heteroatoms. The highest BCUT2D eigenvalue weighted by atomic mass is 32.2. The van der Waals surface area contributed by atoms with Crippen molar-refractivity contribution in [2.75, 3.05) is 24.5 Å². The lowest BCUT2D eigenvalue weighted by Crippen LogP contribution is -2.53. The summed E-state index contributed by atoms with van der Waals surface area (Å²) in [5, 5.41) is 0.884. The number of halogens is 4. The van der Waals surface area contributed by atoms with E-state index in [0.717, 1.165) is 28.4 Å². The van der Waals surface area contributed by atoms with Crippen LogP contribution in [0.2, 0.25) is 0 Å². The Kier molecular flexibility index (Phi) is 6.47. The lowest BCUT2D eigenvalue weighted by Gasteiger charge is -2.39. The number of sulfonamides is 1. The average Bonchev–Trinajstić information content (AvgIpc) is 3.23. The van der Waals surface area contributed by atoms with Gasteiger partial charge < -0.3 is 4.90 Å². The van der Waals surface area contributed by atoms with Gasteiger partial charge in [0.1, 0.15) is 10.8 Å². The first-order valence-electron chi connectivity index (χ1n) is 10.2. The molecule has 33 heavy (non-hydrogen) atoms. The summed E-state index contributed by atoms with van der Waals surface area (Å²) in [5.74, 6) is -0.301. The van der Waals surface area contributed by atoms with Crippen LogP contribution in [0.1, 0.15) is 23.7 Å². The van der Waals surface area contributed by atoms with E-state index in [9.17, 15) is 26.0 Å². The molecule has 5 nitrogen and oxygen atoms in total. The van der Waals surface area contributed by atoms with Gasteiger partial charge in [0.15, 0.2) is 0 Å². The lowest BCUT2D eigenvalue weighted by atomic mass is 10.1. The molecule has 1 atom stereocenters. The number of rotatable bonds is 5. The highest BCUT2D eigenvalue weighted by Crippen LogP contribution is 2.32. The van der Waals surface area contributed by atoms with Crippen molar-refractivity contribution in [1.82, 2.24) is 8.68 Å². The van der Waals surface area contributed by atoms with E-state index in [-0.39, 0.29) is 17.3 Å². The maximum atomic E-state index is 13.1. The number of aromatic nitrogens is 1. The molecule has 0 spiro atoms. The van der Waals surface area contributed by atoms with E-state index < -0.39 is 27.8 Å². The minimum Gasteiger partial charge on any atom is -0.359 e. The second-order valence-corrected chi connectivity index (χ2v) is 10.6. The third-order valence-corrected chi connectivity index (χ3v) is 8.39. The van der Waals surface area contributed by atoms with Gasteiger partial charge in [-0.25, -0.2) is 12.8 Å². The van der Waals surface area contributed by atoms with Crippen molar-refractivity contribution in [2.24, 2.45) is 0 Å². The molecule has 1 saturated heterocycles. The molecule has 4 rings (SSSR count). The highest BCUT2D eigenvalue weighted by molar-refractivity contribution is 7.89. The predicted molar refractivity (Wildman–Crippen MR) is 118 cm³/mol. The van der Waals surface area contributed by atoms with Gasteiger partial charge in [-0.15, -0.1) is 0 Å². The van der Waals surface area contributed by atoms with E-state index in [1.807, 2.05) is 11.0 Å². The van der Waals surface area contributed by atoms with Gasteiger partial charge in [-0.05, 0) is 60.4 Å². The third-order valence-electron chi connectivity index (χ3n) is 5.49. The molecule has 0 saturated carbocycles. The minimum atomic E-state index is -4.62. The van der Waals surface area contributed by atoms with Crippen LogP contribution in [0.3, 0.4) is 0 Å². The van der Waals surface area contributed by atoms with Crippen molar-refractivity contribution in [1.29, 1.82) is 0 Å². The number of nitrogens with zero attached hydrogens (tertiary/aromatic N) is 3. The molecule has 1 aliphatic rings. The fourth-order valence-electron chi connectivity index (χ4n) is 3.81. The zero-order chi connectivity index (χ0) is 23.8. The summed E-state index contributed by atoms with van der Waals surface area (Å²) in [5.41, 5.74) is 0.764. The number of piperazine rings is 1. The monoisotopic (exact) mass is 499 g/mol. The molecular weight excluding hydrogens is 478 g/mol. The average molecular weight is 500 g/mol. The summed E-state index contributed by atoms with van der Waals surface area (Å²) in [6.07, 6.45) is -4.07. The number of benzene rings is 2.